The summed E-state index contributed by atoms with van der Waals surface area (Å²) in [6.45, 7) is 6.83. The molecule has 1 amide bonds. The summed E-state index contributed by atoms with van der Waals surface area (Å²) in [4.78, 5) is 16.7. The number of aryl methyl sites for hydroxylation is 2. The highest BCUT2D eigenvalue weighted by Crippen LogP contribution is 2.27. The third kappa shape index (κ3) is 4.28. The number of amides is 1. The molecule has 1 aromatic heterocycles. The standard InChI is InChI=1S/C22H25N5O2S/c1-16-7-8-18(13-17(16)2)27-15-23-24-22(27)30-14-21(29)26-11-9-25(10-12-26)19-5-3-4-6-20(19)28/h3-8,13,15,28H,9-12,14H2,1-2H3. The van der Waals surface area contributed by atoms with Crippen LogP contribution in [0.3, 0.4) is 0 Å². The molecule has 2 aromatic carbocycles. The number of carbonyl (C=O) groups is 1. The Hall–Kier alpha value is -3.00. The molecule has 8 heteroatoms. The normalized spacial score (nSPS) is 14.2. The third-order valence-electron chi connectivity index (χ3n) is 5.46. The van der Waals surface area contributed by atoms with Gasteiger partial charge in [-0.1, -0.05) is 30.0 Å². The van der Waals surface area contributed by atoms with Gasteiger partial charge in [0.25, 0.3) is 0 Å². The summed E-state index contributed by atoms with van der Waals surface area (Å²) in [6, 6.07) is 13.5. The summed E-state index contributed by atoms with van der Waals surface area (Å²) in [5.74, 6) is 0.685. The van der Waals surface area contributed by atoms with Crippen molar-refractivity contribution in [2.75, 3.05) is 36.8 Å². The number of para-hydroxylation sites is 2. The second-order valence-electron chi connectivity index (χ2n) is 7.40. The van der Waals surface area contributed by atoms with E-state index in [4.69, 9.17) is 0 Å². The first kappa shape index (κ1) is 20.3. The van der Waals surface area contributed by atoms with Gasteiger partial charge in [-0.15, -0.1) is 10.2 Å². The van der Waals surface area contributed by atoms with Crippen molar-refractivity contribution in [1.82, 2.24) is 19.7 Å². The number of nitrogens with zero attached hydrogens (tertiary/aromatic N) is 5. The van der Waals surface area contributed by atoms with Crippen LogP contribution in [0, 0.1) is 13.8 Å². The Balaban J connectivity index is 1.35. The van der Waals surface area contributed by atoms with Crippen LogP contribution >= 0.6 is 11.8 Å². The maximum Gasteiger partial charge on any atom is 0.233 e. The summed E-state index contributed by atoms with van der Waals surface area (Å²) in [7, 11) is 0. The van der Waals surface area contributed by atoms with Gasteiger partial charge in [-0.05, 0) is 49.2 Å². The van der Waals surface area contributed by atoms with Crippen molar-refractivity contribution < 1.29 is 9.90 Å². The quantitative estimate of drug-likeness (QED) is 0.636. The monoisotopic (exact) mass is 423 g/mol. The lowest BCUT2D eigenvalue weighted by Crippen LogP contribution is -2.49. The Morgan fingerprint density at radius 1 is 1.07 bits per heavy atom. The highest BCUT2D eigenvalue weighted by Gasteiger charge is 2.23. The van der Waals surface area contributed by atoms with Gasteiger partial charge in [0, 0.05) is 31.9 Å². The van der Waals surface area contributed by atoms with E-state index in [0.29, 0.717) is 37.1 Å². The number of phenols is 1. The smallest absolute Gasteiger partial charge is 0.233 e. The molecule has 0 radical (unpaired) electrons. The van der Waals surface area contributed by atoms with Gasteiger partial charge in [0.05, 0.1) is 11.4 Å². The number of anilines is 1. The second-order valence-corrected chi connectivity index (χ2v) is 8.34. The lowest BCUT2D eigenvalue weighted by Gasteiger charge is -2.36. The summed E-state index contributed by atoms with van der Waals surface area (Å²) in [5.41, 5.74) is 4.25. The van der Waals surface area contributed by atoms with Gasteiger partial charge in [-0.3, -0.25) is 9.36 Å². The Morgan fingerprint density at radius 2 is 1.83 bits per heavy atom. The Morgan fingerprint density at radius 3 is 2.57 bits per heavy atom. The number of rotatable bonds is 5. The average Bonchev–Trinajstić information content (AvgIpc) is 3.23. The van der Waals surface area contributed by atoms with Gasteiger partial charge in [0.15, 0.2) is 5.16 Å². The molecule has 1 fully saturated rings. The fourth-order valence-electron chi connectivity index (χ4n) is 3.52. The molecule has 2 heterocycles. The minimum Gasteiger partial charge on any atom is -0.506 e. The van der Waals surface area contributed by atoms with E-state index >= 15 is 0 Å². The van der Waals surface area contributed by atoms with E-state index in [0.717, 1.165) is 11.4 Å². The minimum atomic E-state index is 0.0894. The third-order valence-corrected chi connectivity index (χ3v) is 6.39. The molecule has 4 rings (SSSR count). The number of carbonyl (C=O) groups excluding carboxylic acids is 1. The van der Waals surface area contributed by atoms with Gasteiger partial charge >= 0.3 is 0 Å². The maximum atomic E-state index is 12.7. The van der Waals surface area contributed by atoms with E-state index in [9.17, 15) is 9.90 Å². The van der Waals surface area contributed by atoms with Crippen LogP contribution in [0.25, 0.3) is 5.69 Å². The SMILES string of the molecule is Cc1ccc(-n2cnnc2SCC(=O)N2CCN(c3ccccc3O)CC2)cc1C. The van der Waals surface area contributed by atoms with E-state index in [2.05, 4.69) is 41.1 Å². The molecule has 3 aromatic rings. The Kier molecular flexibility index (Phi) is 5.94. The van der Waals surface area contributed by atoms with Crippen molar-refractivity contribution in [3.63, 3.8) is 0 Å². The molecule has 156 valence electrons. The van der Waals surface area contributed by atoms with Crippen LogP contribution in [0.2, 0.25) is 0 Å². The first-order chi connectivity index (χ1) is 14.5. The molecule has 1 saturated heterocycles. The highest BCUT2D eigenvalue weighted by atomic mass is 32.2. The zero-order chi connectivity index (χ0) is 21.1. The molecule has 0 spiro atoms. The molecule has 30 heavy (non-hydrogen) atoms. The topological polar surface area (TPSA) is 74.5 Å². The van der Waals surface area contributed by atoms with Gasteiger partial charge in [-0.25, -0.2) is 0 Å². The molecule has 0 unspecified atom stereocenters. The summed E-state index contributed by atoms with van der Waals surface area (Å²) in [6.07, 6.45) is 1.68. The largest absolute Gasteiger partial charge is 0.506 e. The number of aromatic hydroxyl groups is 1. The molecule has 0 bridgehead atoms. The molecule has 0 saturated carbocycles. The molecule has 1 aliphatic rings. The fourth-order valence-corrected chi connectivity index (χ4v) is 4.35. The zero-order valence-corrected chi connectivity index (χ0v) is 18.0. The number of aromatic nitrogens is 3. The molecule has 1 aliphatic heterocycles. The molecule has 1 N–H and O–H groups in total. The van der Waals surface area contributed by atoms with Gasteiger partial charge < -0.3 is 14.9 Å². The fraction of sp³-hybridized carbons (Fsp3) is 0.318. The highest BCUT2D eigenvalue weighted by molar-refractivity contribution is 7.99. The predicted molar refractivity (Wildman–Crippen MR) is 118 cm³/mol. The summed E-state index contributed by atoms with van der Waals surface area (Å²) >= 11 is 1.40. The van der Waals surface area contributed by atoms with Crippen molar-refractivity contribution in [3.8, 4) is 11.4 Å². The number of hydrogen-bond acceptors (Lipinski definition) is 6. The number of thioether (sulfide) groups is 1. The Bertz CT molecular complexity index is 1040. The lowest BCUT2D eigenvalue weighted by molar-refractivity contribution is -0.128. The first-order valence-corrected chi connectivity index (χ1v) is 10.9. The van der Waals surface area contributed by atoms with Crippen LogP contribution in [-0.4, -0.2) is 62.6 Å². The number of piperazine rings is 1. The van der Waals surface area contributed by atoms with Crippen molar-refractivity contribution in [2.45, 2.75) is 19.0 Å². The second kappa shape index (κ2) is 8.79. The Labute approximate surface area is 180 Å². The van der Waals surface area contributed by atoms with Crippen LogP contribution in [0.15, 0.2) is 53.9 Å². The van der Waals surface area contributed by atoms with Crippen LogP contribution in [0.4, 0.5) is 5.69 Å². The molecular weight excluding hydrogens is 398 g/mol. The van der Waals surface area contributed by atoms with Crippen molar-refractivity contribution >= 4 is 23.4 Å². The molecule has 7 nitrogen and oxygen atoms in total. The van der Waals surface area contributed by atoms with Gasteiger partial charge in [0.2, 0.25) is 5.91 Å². The van der Waals surface area contributed by atoms with E-state index in [1.807, 2.05) is 33.7 Å². The molecular formula is C22H25N5O2S. The van der Waals surface area contributed by atoms with E-state index in [-0.39, 0.29) is 11.7 Å². The molecule has 0 aliphatic carbocycles. The van der Waals surface area contributed by atoms with Crippen molar-refractivity contribution in [1.29, 1.82) is 0 Å². The predicted octanol–water partition coefficient (Wildman–Crippen LogP) is 3.03. The first-order valence-electron chi connectivity index (χ1n) is 9.94. The number of hydrogen-bond donors (Lipinski definition) is 1. The van der Waals surface area contributed by atoms with Crippen LogP contribution < -0.4 is 4.90 Å². The number of phenolic OH excluding ortho intramolecular Hbond substituents is 1. The van der Waals surface area contributed by atoms with Crippen LogP contribution in [0.5, 0.6) is 5.75 Å². The van der Waals surface area contributed by atoms with Crippen molar-refractivity contribution in [2.24, 2.45) is 0 Å². The van der Waals surface area contributed by atoms with E-state index in [1.54, 1.807) is 12.4 Å². The maximum absolute atomic E-state index is 12.7. The summed E-state index contributed by atoms with van der Waals surface area (Å²) in [5, 5.41) is 19.0. The van der Waals surface area contributed by atoms with E-state index in [1.165, 1.54) is 22.9 Å². The van der Waals surface area contributed by atoms with Gasteiger partial charge in [-0.2, -0.15) is 0 Å². The minimum absolute atomic E-state index is 0.0894. The van der Waals surface area contributed by atoms with E-state index < -0.39 is 0 Å². The lowest BCUT2D eigenvalue weighted by atomic mass is 10.1. The van der Waals surface area contributed by atoms with Crippen LogP contribution in [-0.2, 0) is 4.79 Å². The average molecular weight is 424 g/mol. The zero-order valence-electron chi connectivity index (χ0n) is 17.2. The van der Waals surface area contributed by atoms with Gasteiger partial charge in [0.1, 0.15) is 12.1 Å². The van der Waals surface area contributed by atoms with Crippen molar-refractivity contribution in [3.05, 3.63) is 59.9 Å². The van der Waals surface area contributed by atoms with Crippen LogP contribution in [0.1, 0.15) is 11.1 Å². The molecule has 0 atom stereocenters. The number of benzene rings is 2. The summed E-state index contributed by atoms with van der Waals surface area (Å²) < 4.78 is 1.92.